The second-order valence-electron chi connectivity index (χ2n) is 5.09. The quantitative estimate of drug-likeness (QED) is 0.875. The Bertz CT molecular complexity index is 601. The first-order valence-corrected chi connectivity index (χ1v) is 9.80. The monoisotopic (exact) mass is 331 g/mol. The van der Waals surface area contributed by atoms with E-state index in [0.717, 1.165) is 5.75 Å². The van der Waals surface area contributed by atoms with E-state index in [1.807, 2.05) is 4.90 Å². The lowest BCUT2D eigenvalue weighted by Gasteiger charge is -2.36. The summed E-state index contributed by atoms with van der Waals surface area (Å²) in [6, 6.07) is 4.94. The molecule has 7 heteroatoms. The molecule has 2 rings (SSSR count). The van der Waals surface area contributed by atoms with E-state index in [9.17, 15) is 18.6 Å². The average Bonchev–Trinajstić information content (AvgIpc) is 2.46. The summed E-state index contributed by atoms with van der Waals surface area (Å²) in [4.78, 5) is 1.83. The third-order valence-corrected chi connectivity index (χ3v) is 6.99. The van der Waals surface area contributed by atoms with Crippen LogP contribution in [0.4, 0.5) is 5.69 Å². The maximum absolute atomic E-state index is 12.2. The highest BCUT2D eigenvalue weighted by atomic mass is 32.2. The smallest absolute Gasteiger partial charge is 0.171 e. The molecule has 1 aliphatic heterocycles. The van der Waals surface area contributed by atoms with Crippen LogP contribution in [0.2, 0.25) is 0 Å². The number of aliphatic hydroxyl groups excluding tert-OH is 1. The number of aromatic hydroxyl groups is 1. The summed E-state index contributed by atoms with van der Waals surface area (Å²) in [6.45, 7) is 3.86. The van der Waals surface area contributed by atoms with Crippen LogP contribution in [0.15, 0.2) is 18.2 Å². The zero-order valence-electron chi connectivity index (χ0n) is 12.2. The molecule has 0 bridgehead atoms. The number of phenols is 1. The Kier molecular flexibility index (Phi) is 5.06. The van der Waals surface area contributed by atoms with Crippen molar-refractivity contribution in [2.75, 3.05) is 28.7 Å². The number of sulfone groups is 1. The third-order valence-electron chi connectivity index (χ3n) is 3.70. The zero-order valence-corrected chi connectivity index (χ0v) is 13.8. The minimum absolute atomic E-state index is 0.00614. The van der Waals surface area contributed by atoms with Gasteiger partial charge in [0.2, 0.25) is 0 Å². The average molecular weight is 331 g/mol. The van der Waals surface area contributed by atoms with Gasteiger partial charge in [0, 0.05) is 41.1 Å². The van der Waals surface area contributed by atoms with Crippen molar-refractivity contribution in [3.63, 3.8) is 0 Å². The van der Waals surface area contributed by atoms with Crippen molar-refractivity contribution in [1.29, 1.82) is 0 Å². The predicted molar refractivity (Wildman–Crippen MR) is 86.7 cm³/mol. The minimum Gasteiger partial charge on any atom is -0.507 e. The van der Waals surface area contributed by atoms with Gasteiger partial charge in [0.05, 0.1) is 6.10 Å². The number of anilines is 1. The van der Waals surface area contributed by atoms with Gasteiger partial charge in [0.1, 0.15) is 11.1 Å². The molecule has 2 atom stereocenters. The van der Waals surface area contributed by atoms with Crippen molar-refractivity contribution in [2.45, 2.75) is 25.3 Å². The molecule has 118 valence electrons. The Morgan fingerprint density at radius 3 is 2.76 bits per heavy atom. The Morgan fingerprint density at radius 2 is 2.19 bits per heavy atom. The highest BCUT2D eigenvalue weighted by Crippen LogP contribution is 2.33. The summed E-state index contributed by atoms with van der Waals surface area (Å²) >= 11 is 1.63. The fraction of sp³-hybridized carbons (Fsp3) is 0.571. The topological polar surface area (TPSA) is 77.8 Å². The molecule has 2 unspecified atom stereocenters. The molecule has 5 nitrogen and oxygen atoms in total. The van der Waals surface area contributed by atoms with E-state index in [-0.39, 0.29) is 11.5 Å². The van der Waals surface area contributed by atoms with Gasteiger partial charge in [-0.05, 0) is 13.0 Å². The number of hydrogen-bond donors (Lipinski definition) is 2. The van der Waals surface area contributed by atoms with E-state index < -0.39 is 21.3 Å². The SMILES string of the molecule is CCS(=O)(=O)C1CSCCN1c1ccc(C(C)O)c(O)c1. The number of benzene rings is 1. The lowest BCUT2D eigenvalue weighted by molar-refractivity contribution is 0.195. The number of nitrogens with zero attached hydrogens (tertiary/aromatic N) is 1. The summed E-state index contributed by atoms with van der Waals surface area (Å²) in [7, 11) is -3.18. The van der Waals surface area contributed by atoms with Crippen molar-refractivity contribution in [2.24, 2.45) is 0 Å². The minimum atomic E-state index is -3.18. The van der Waals surface area contributed by atoms with Crippen LogP contribution in [-0.4, -0.2) is 47.8 Å². The molecule has 0 spiro atoms. The number of hydrogen-bond acceptors (Lipinski definition) is 6. The summed E-state index contributed by atoms with van der Waals surface area (Å²) in [5.74, 6) is 1.49. The molecule has 2 N–H and O–H groups in total. The van der Waals surface area contributed by atoms with E-state index >= 15 is 0 Å². The standard InChI is InChI=1S/C14H21NO4S2/c1-3-21(18,19)14-9-20-7-6-15(14)11-4-5-12(10(2)16)13(17)8-11/h4-5,8,10,14,16-17H,3,6-7,9H2,1-2H3. The van der Waals surface area contributed by atoms with Crippen LogP contribution in [0, 0.1) is 0 Å². The molecule has 21 heavy (non-hydrogen) atoms. The van der Waals surface area contributed by atoms with Crippen LogP contribution in [-0.2, 0) is 9.84 Å². The molecule has 0 radical (unpaired) electrons. The van der Waals surface area contributed by atoms with E-state index in [2.05, 4.69) is 0 Å². The predicted octanol–water partition coefficient (Wildman–Crippen LogP) is 1.76. The summed E-state index contributed by atoms with van der Waals surface area (Å²) < 4.78 is 24.5. The molecule has 1 aliphatic rings. The molecular weight excluding hydrogens is 310 g/mol. The van der Waals surface area contributed by atoms with Crippen LogP contribution in [0.25, 0.3) is 0 Å². The Labute approximate surface area is 129 Å². The molecule has 0 amide bonds. The van der Waals surface area contributed by atoms with Gasteiger partial charge in [-0.25, -0.2) is 8.42 Å². The number of rotatable bonds is 4. The van der Waals surface area contributed by atoms with Gasteiger partial charge in [0.15, 0.2) is 9.84 Å². The van der Waals surface area contributed by atoms with Gasteiger partial charge >= 0.3 is 0 Å². The molecule has 1 heterocycles. The maximum Gasteiger partial charge on any atom is 0.171 e. The second kappa shape index (κ2) is 6.46. The van der Waals surface area contributed by atoms with Gasteiger partial charge in [-0.2, -0.15) is 11.8 Å². The molecule has 0 aliphatic carbocycles. The molecule has 1 saturated heterocycles. The lowest BCUT2D eigenvalue weighted by Crippen LogP contribution is -2.48. The first-order chi connectivity index (χ1) is 9.86. The van der Waals surface area contributed by atoms with Crippen molar-refractivity contribution >= 4 is 27.3 Å². The first kappa shape index (κ1) is 16.5. The van der Waals surface area contributed by atoms with Gasteiger partial charge in [-0.1, -0.05) is 13.0 Å². The Morgan fingerprint density at radius 1 is 1.48 bits per heavy atom. The first-order valence-electron chi connectivity index (χ1n) is 6.93. The van der Waals surface area contributed by atoms with E-state index in [1.54, 1.807) is 37.7 Å². The van der Waals surface area contributed by atoms with Crippen LogP contribution >= 0.6 is 11.8 Å². The van der Waals surface area contributed by atoms with Gasteiger partial charge in [0.25, 0.3) is 0 Å². The summed E-state index contributed by atoms with van der Waals surface area (Å²) in [5.41, 5.74) is 1.12. The van der Waals surface area contributed by atoms with Crippen LogP contribution in [0.5, 0.6) is 5.75 Å². The fourth-order valence-corrected chi connectivity index (χ4v) is 5.42. The molecule has 0 aromatic heterocycles. The van der Waals surface area contributed by atoms with E-state index in [4.69, 9.17) is 0 Å². The van der Waals surface area contributed by atoms with Crippen molar-refractivity contribution in [1.82, 2.24) is 0 Å². The second-order valence-corrected chi connectivity index (χ2v) is 8.69. The normalized spacial score (nSPS) is 21.3. The van der Waals surface area contributed by atoms with E-state index in [0.29, 0.717) is 23.5 Å². The largest absolute Gasteiger partial charge is 0.507 e. The lowest BCUT2D eigenvalue weighted by atomic mass is 10.1. The molecule has 0 saturated carbocycles. The number of phenolic OH excluding ortho intramolecular Hbond substituents is 1. The highest BCUT2D eigenvalue weighted by Gasteiger charge is 2.33. The molecule has 1 aromatic carbocycles. The van der Waals surface area contributed by atoms with E-state index in [1.165, 1.54) is 6.07 Å². The molecular formula is C14H21NO4S2. The Hall–Kier alpha value is -0.920. The maximum atomic E-state index is 12.2. The van der Waals surface area contributed by atoms with Crippen LogP contribution < -0.4 is 4.90 Å². The molecule has 1 aromatic rings. The van der Waals surface area contributed by atoms with Crippen molar-refractivity contribution < 1.29 is 18.6 Å². The zero-order chi connectivity index (χ0) is 15.6. The molecule has 1 fully saturated rings. The summed E-state index contributed by atoms with van der Waals surface area (Å²) in [6.07, 6.45) is -0.758. The van der Waals surface area contributed by atoms with Gasteiger partial charge in [-0.15, -0.1) is 0 Å². The van der Waals surface area contributed by atoms with Crippen molar-refractivity contribution in [3.05, 3.63) is 23.8 Å². The number of aliphatic hydroxyl groups is 1. The van der Waals surface area contributed by atoms with Gasteiger partial charge in [-0.3, -0.25) is 0 Å². The number of thioether (sulfide) groups is 1. The Balaban J connectivity index is 2.36. The highest BCUT2D eigenvalue weighted by molar-refractivity contribution is 8.01. The van der Waals surface area contributed by atoms with Crippen LogP contribution in [0.3, 0.4) is 0 Å². The van der Waals surface area contributed by atoms with Gasteiger partial charge < -0.3 is 15.1 Å². The fourth-order valence-electron chi connectivity index (χ4n) is 2.43. The van der Waals surface area contributed by atoms with Crippen LogP contribution in [0.1, 0.15) is 25.5 Å². The summed E-state index contributed by atoms with van der Waals surface area (Å²) in [5, 5.41) is 19.0. The third kappa shape index (κ3) is 3.46. The van der Waals surface area contributed by atoms with Crippen molar-refractivity contribution in [3.8, 4) is 5.75 Å².